The van der Waals surface area contributed by atoms with Crippen molar-refractivity contribution in [3.8, 4) is 28.1 Å². The summed E-state index contributed by atoms with van der Waals surface area (Å²) in [6, 6.07) is 10.8. The Labute approximate surface area is 214 Å². The molecular weight excluding hydrogens is 565 g/mol. The summed E-state index contributed by atoms with van der Waals surface area (Å²) in [5.41, 5.74) is -4.33. The molecule has 0 saturated heterocycles. The second-order valence-corrected chi connectivity index (χ2v) is 9.74. The molecule has 206 valence electrons. The van der Waals surface area contributed by atoms with Crippen molar-refractivity contribution in [3.63, 3.8) is 0 Å². The molecule has 4 rings (SSSR count). The average molecular weight is 579 g/mol. The molecule has 1 aromatic heterocycles. The second-order valence-electron chi connectivity index (χ2n) is 8.18. The summed E-state index contributed by atoms with van der Waals surface area (Å²) < 4.78 is 149. The molecule has 0 radical (unpaired) electrons. The molecule has 0 fully saturated rings. The number of hydrogen-bond acceptors (Lipinski definition) is 3. The van der Waals surface area contributed by atoms with Crippen LogP contribution in [-0.2, 0) is 15.9 Å². The molecule has 0 unspecified atom stereocenters. The fourth-order valence-electron chi connectivity index (χ4n) is 3.69. The molecule has 15 heteroatoms. The monoisotopic (exact) mass is 579 g/mol. The van der Waals surface area contributed by atoms with E-state index in [-0.39, 0.29) is 11.3 Å². The van der Waals surface area contributed by atoms with Crippen molar-refractivity contribution in [2.24, 2.45) is 5.14 Å². The zero-order chi connectivity index (χ0) is 29.0. The molecule has 0 aliphatic carbocycles. The minimum atomic E-state index is -6.70. The minimum absolute atomic E-state index is 0.184. The van der Waals surface area contributed by atoms with Gasteiger partial charge >= 0.3 is 18.0 Å². The van der Waals surface area contributed by atoms with Gasteiger partial charge in [0.1, 0.15) is 17.3 Å². The number of alkyl halides is 7. The predicted octanol–water partition coefficient (Wildman–Crippen LogP) is 6.42. The number of primary sulfonamides is 1. The quantitative estimate of drug-likeness (QED) is 0.268. The van der Waals surface area contributed by atoms with E-state index in [2.05, 4.69) is 5.10 Å². The lowest BCUT2D eigenvalue weighted by atomic mass is 9.94. The molecule has 2 N–H and O–H groups in total. The van der Waals surface area contributed by atoms with Gasteiger partial charge in [0.25, 0.3) is 0 Å². The van der Waals surface area contributed by atoms with Crippen LogP contribution in [0.25, 0.3) is 28.1 Å². The Morgan fingerprint density at radius 3 is 1.62 bits per heavy atom. The number of sulfonamides is 1. The number of benzene rings is 3. The van der Waals surface area contributed by atoms with Crippen molar-refractivity contribution in [2.75, 3.05) is 0 Å². The standard InChI is InChI=1S/C24H14F9N3O2S/c25-15-5-1-13(2-6-15)19-20(14-3-11-18(12-4-14)39(34,37)38)36(17-9-7-16(26)8-10-17)35-21(19)22(27,28)23(29,30)24(31,32)33/h1-12H,(H2,34,37,38). The van der Waals surface area contributed by atoms with Crippen molar-refractivity contribution in [1.82, 2.24) is 9.78 Å². The predicted molar refractivity (Wildman–Crippen MR) is 121 cm³/mol. The molecule has 0 bridgehead atoms. The highest BCUT2D eigenvalue weighted by Crippen LogP contribution is 2.54. The van der Waals surface area contributed by atoms with E-state index in [1.165, 1.54) is 0 Å². The Morgan fingerprint density at radius 1 is 0.692 bits per heavy atom. The number of rotatable bonds is 6. The Balaban J connectivity index is 2.15. The molecule has 39 heavy (non-hydrogen) atoms. The lowest BCUT2D eigenvalue weighted by molar-refractivity contribution is -0.360. The third-order valence-corrected chi connectivity index (χ3v) is 6.52. The molecule has 0 atom stereocenters. The lowest BCUT2D eigenvalue weighted by Crippen LogP contribution is -2.50. The third kappa shape index (κ3) is 4.98. The molecule has 0 aliphatic heterocycles. The molecule has 4 aromatic rings. The topological polar surface area (TPSA) is 78.0 Å². The summed E-state index contributed by atoms with van der Waals surface area (Å²) in [4.78, 5) is -0.434. The van der Waals surface area contributed by atoms with E-state index in [1.807, 2.05) is 0 Å². The number of hydrogen-bond donors (Lipinski definition) is 1. The van der Waals surface area contributed by atoms with Crippen LogP contribution in [0.1, 0.15) is 5.69 Å². The Morgan fingerprint density at radius 2 is 1.15 bits per heavy atom. The molecule has 5 nitrogen and oxygen atoms in total. The van der Waals surface area contributed by atoms with Gasteiger partial charge in [-0.05, 0) is 54.1 Å². The van der Waals surface area contributed by atoms with Gasteiger partial charge in [-0.1, -0.05) is 24.3 Å². The van der Waals surface area contributed by atoms with Gasteiger partial charge in [-0.2, -0.15) is 35.8 Å². The normalized spacial score (nSPS) is 13.1. The van der Waals surface area contributed by atoms with Gasteiger partial charge in [0, 0.05) is 11.1 Å². The highest BCUT2D eigenvalue weighted by atomic mass is 32.2. The fourth-order valence-corrected chi connectivity index (χ4v) is 4.21. The van der Waals surface area contributed by atoms with Crippen LogP contribution in [0.3, 0.4) is 0 Å². The van der Waals surface area contributed by atoms with Gasteiger partial charge in [-0.15, -0.1) is 0 Å². The van der Waals surface area contributed by atoms with Crippen LogP contribution >= 0.6 is 0 Å². The molecule has 0 aliphatic rings. The summed E-state index contributed by atoms with van der Waals surface area (Å²) >= 11 is 0. The molecule has 0 saturated carbocycles. The van der Waals surface area contributed by atoms with Crippen LogP contribution < -0.4 is 5.14 Å². The smallest absolute Gasteiger partial charge is 0.232 e. The molecule has 0 amide bonds. The first-order valence-electron chi connectivity index (χ1n) is 10.6. The van der Waals surface area contributed by atoms with Gasteiger partial charge in [-0.3, -0.25) is 0 Å². The van der Waals surface area contributed by atoms with E-state index in [1.54, 1.807) is 0 Å². The highest BCUT2D eigenvalue weighted by Gasteiger charge is 2.75. The van der Waals surface area contributed by atoms with E-state index in [4.69, 9.17) is 5.14 Å². The number of halogens is 9. The maximum atomic E-state index is 15.2. The highest BCUT2D eigenvalue weighted by molar-refractivity contribution is 7.89. The Bertz CT molecular complexity index is 1610. The Kier molecular flexibility index (Phi) is 6.80. The molecule has 1 heterocycles. The van der Waals surface area contributed by atoms with Gasteiger partial charge < -0.3 is 0 Å². The number of nitrogens with two attached hydrogens (primary N) is 1. The first kappa shape index (κ1) is 28.2. The van der Waals surface area contributed by atoms with E-state index in [0.29, 0.717) is 4.68 Å². The fraction of sp³-hybridized carbons (Fsp3) is 0.125. The van der Waals surface area contributed by atoms with Crippen molar-refractivity contribution >= 4 is 10.0 Å². The first-order chi connectivity index (χ1) is 17.9. The van der Waals surface area contributed by atoms with Gasteiger partial charge in [0.05, 0.1) is 16.3 Å². The summed E-state index contributed by atoms with van der Waals surface area (Å²) in [6.07, 6.45) is -6.70. The number of aromatic nitrogens is 2. The van der Waals surface area contributed by atoms with Crippen LogP contribution in [0.2, 0.25) is 0 Å². The van der Waals surface area contributed by atoms with Crippen LogP contribution in [0.4, 0.5) is 39.5 Å². The Hall–Kier alpha value is -3.85. The van der Waals surface area contributed by atoms with Gasteiger partial charge in [0.15, 0.2) is 0 Å². The maximum absolute atomic E-state index is 15.2. The van der Waals surface area contributed by atoms with Crippen molar-refractivity contribution < 1.29 is 47.9 Å². The van der Waals surface area contributed by atoms with Crippen molar-refractivity contribution in [2.45, 2.75) is 22.9 Å². The van der Waals surface area contributed by atoms with E-state index < -0.39 is 67.1 Å². The first-order valence-corrected chi connectivity index (χ1v) is 12.1. The van der Waals surface area contributed by atoms with E-state index in [9.17, 15) is 39.2 Å². The van der Waals surface area contributed by atoms with Crippen molar-refractivity contribution in [1.29, 1.82) is 0 Å². The zero-order valence-corrected chi connectivity index (χ0v) is 19.8. The van der Waals surface area contributed by atoms with Crippen LogP contribution in [0, 0.1) is 11.6 Å². The molecular formula is C24H14F9N3O2S. The molecule has 3 aromatic carbocycles. The average Bonchev–Trinajstić information content (AvgIpc) is 3.25. The van der Waals surface area contributed by atoms with Crippen LogP contribution in [-0.4, -0.2) is 30.3 Å². The zero-order valence-electron chi connectivity index (χ0n) is 19.0. The maximum Gasteiger partial charge on any atom is 0.460 e. The second kappa shape index (κ2) is 9.41. The SMILES string of the molecule is NS(=O)(=O)c1ccc(-c2c(-c3ccc(F)cc3)c(C(F)(F)C(F)(F)C(F)(F)F)nn2-c2ccc(F)cc2)cc1. The third-order valence-electron chi connectivity index (χ3n) is 5.59. The summed E-state index contributed by atoms with van der Waals surface area (Å²) in [7, 11) is -4.24. The minimum Gasteiger partial charge on any atom is -0.232 e. The van der Waals surface area contributed by atoms with Gasteiger partial charge in [0.2, 0.25) is 10.0 Å². The van der Waals surface area contributed by atoms with E-state index in [0.717, 1.165) is 72.8 Å². The summed E-state index contributed by atoms with van der Waals surface area (Å²) in [6.45, 7) is 0. The van der Waals surface area contributed by atoms with Crippen molar-refractivity contribution in [3.05, 3.63) is 90.1 Å². The molecule has 0 spiro atoms. The summed E-state index contributed by atoms with van der Waals surface area (Å²) in [5, 5.41) is 8.50. The van der Waals surface area contributed by atoms with E-state index >= 15 is 8.78 Å². The number of nitrogens with zero attached hydrogens (tertiary/aromatic N) is 2. The largest absolute Gasteiger partial charge is 0.460 e. The van der Waals surface area contributed by atoms with Crippen LogP contribution in [0.5, 0.6) is 0 Å². The van der Waals surface area contributed by atoms with Crippen LogP contribution in [0.15, 0.2) is 77.7 Å². The lowest BCUT2D eigenvalue weighted by Gasteiger charge is -2.27. The summed E-state index contributed by atoms with van der Waals surface area (Å²) in [5.74, 6) is -14.2. The van der Waals surface area contributed by atoms with Gasteiger partial charge in [-0.25, -0.2) is 27.0 Å².